The van der Waals surface area contributed by atoms with E-state index in [0.717, 1.165) is 16.5 Å². The number of pyridine rings is 1. The number of rotatable bonds is 1. The van der Waals surface area contributed by atoms with E-state index in [1.807, 2.05) is 25.1 Å². The predicted octanol–water partition coefficient (Wildman–Crippen LogP) is 3.96. The molecule has 0 radical (unpaired) electrons. The van der Waals surface area contributed by atoms with Gasteiger partial charge >= 0.3 is 0 Å². The quantitative estimate of drug-likeness (QED) is 0.666. The summed E-state index contributed by atoms with van der Waals surface area (Å²) in [7, 11) is 0. The van der Waals surface area contributed by atoms with E-state index in [1.54, 1.807) is 6.26 Å². The minimum absolute atomic E-state index is 0.537. The summed E-state index contributed by atoms with van der Waals surface area (Å²) in [5, 5.41) is 1.04. The number of hydrogen-bond donors (Lipinski definition) is 0. The molecule has 4 rings (SSSR count). The molecule has 0 N–H and O–H groups in total. The summed E-state index contributed by atoms with van der Waals surface area (Å²) in [6.45, 7) is 2.56. The Bertz CT molecular complexity index is 816. The van der Waals surface area contributed by atoms with Gasteiger partial charge in [0.15, 0.2) is 0 Å². The van der Waals surface area contributed by atoms with Crippen LogP contribution in [0.5, 0.6) is 5.88 Å². The molecular formula is C17H13NO2. The molecule has 3 nitrogen and oxygen atoms in total. The molecule has 0 saturated carbocycles. The van der Waals surface area contributed by atoms with Gasteiger partial charge in [-0.25, -0.2) is 0 Å². The normalized spacial score (nSPS) is 13.8. The molecule has 0 aliphatic carbocycles. The molecule has 0 atom stereocenters. The van der Waals surface area contributed by atoms with Gasteiger partial charge in [0.25, 0.3) is 0 Å². The fourth-order valence-corrected chi connectivity index (χ4v) is 2.57. The summed E-state index contributed by atoms with van der Waals surface area (Å²) in [5.74, 6) is 0.646. The van der Waals surface area contributed by atoms with Gasteiger partial charge in [-0.15, -0.1) is 0 Å². The van der Waals surface area contributed by atoms with Crippen LogP contribution in [0.25, 0.3) is 16.7 Å². The van der Waals surface area contributed by atoms with Crippen LogP contribution < -0.4 is 4.74 Å². The predicted molar refractivity (Wildman–Crippen MR) is 77.8 cm³/mol. The lowest BCUT2D eigenvalue weighted by atomic mass is 9.96. The van der Waals surface area contributed by atoms with Crippen LogP contribution >= 0.6 is 0 Å². The lowest BCUT2D eigenvalue weighted by Crippen LogP contribution is -2.07. The molecule has 0 amide bonds. The summed E-state index contributed by atoms with van der Waals surface area (Å²) < 4.78 is 11.1. The minimum Gasteiger partial charge on any atom is -0.473 e. The van der Waals surface area contributed by atoms with E-state index in [9.17, 15) is 0 Å². The molecule has 2 aromatic heterocycles. The Morgan fingerprint density at radius 1 is 1.15 bits per heavy atom. The Morgan fingerprint density at radius 2 is 2.00 bits per heavy atom. The van der Waals surface area contributed by atoms with Crippen molar-refractivity contribution < 1.29 is 9.15 Å². The summed E-state index contributed by atoms with van der Waals surface area (Å²) in [5.41, 5.74) is 5.10. The zero-order chi connectivity index (χ0) is 13.5. The zero-order valence-electron chi connectivity index (χ0n) is 11.1. The molecule has 0 saturated heterocycles. The van der Waals surface area contributed by atoms with Crippen molar-refractivity contribution in [2.75, 3.05) is 6.61 Å². The van der Waals surface area contributed by atoms with Crippen LogP contribution in [0.2, 0.25) is 0 Å². The van der Waals surface area contributed by atoms with Crippen molar-refractivity contribution >= 4 is 16.7 Å². The molecule has 98 valence electrons. The van der Waals surface area contributed by atoms with Crippen molar-refractivity contribution in [2.45, 2.75) is 6.92 Å². The summed E-state index contributed by atoms with van der Waals surface area (Å²) in [6.07, 6.45) is 3.83. The molecular weight excluding hydrogens is 250 g/mol. The fourth-order valence-electron chi connectivity index (χ4n) is 2.57. The van der Waals surface area contributed by atoms with E-state index in [1.165, 1.54) is 11.1 Å². The first kappa shape index (κ1) is 11.3. The second-order valence-electron chi connectivity index (χ2n) is 4.91. The Kier molecular flexibility index (Phi) is 2.39. The van der Waals surface area contributed by atoms with Crippen molar-refractivity contribution in [3.05, 3.63) is 65.4 Å². The average molecular weight is 263 g/mol. The maximum absolute atomic E-state index is 5.65. The smallest absolute Gasteiger partial charge is 0.229 e. The number of aryl methyl sites for hydroxylation is 1. The van der Waals surface area contributed by atoms with Crippen LogP contribution in [-0.4, -0.2) is 11.6 Å². The molecule has 20 heavy (non-hydrogen) atoms. The van der Waals surface area contributed by atoms with Gasteiger partial charge in [0.1, 0.15) is 6.61 Å². The largest absolute Gasteiger partial charge is 0.473 e. The van der Waals surface area contributed by atoms with Crippen LogP contribution in [0.4, 0.5) is 0 Å². The van der Waals surface area contributed by atoms with Gasteiger partial charge in [-0.3, -0.25) is 0 Å². The first-order valence-electron chi connectivity index (χ1n) is 6.60. The molecule has 1 aliphatic rings. The van der Waals surface area contributed by atoms with Crippen molar-refractivity contribution in [3.63, 3.8) is 0 Å². The molecule has 0 unspecified atom stereocenters. The summed E-state index contributed by atoms with van der Waals surface area (Å²) in [6, 6.07) is 12.4. The Hall–Kier alpha value is -2.55. The summed E-state index contributed by atoms with van der Waals surface area (Å²) in [4.78, 5) is 4.48. The van der Waals surface area contributed by atoms with Gasteiger partial charge in [-0.1, -0.05) is 30.3 Å². The number of nitrogens with zero attached hydrogens (tertiary/aromatic N) is 1. The minimum atomic E-state index is 0.537. The molecule has 1 aromatic carbocycles. The van der Waals surface area contributed by atoms with Crippen LogP contribution in [-0.2, 0) is 0 Å². The van der Waals surface area contributed by atoms with E-state index in [2.05, 4.69) is 29.3 Å². The van der Waals surface area contributed by atoms with Gasteiger partial charge in [0.05, 0.1) is 6.26 Å². The number of fused-ring (bicyclic) bond motifs is 2. The van der Waals surface area contributed by atoms with E-state index in [-0.39, 0.29) is 0 Å². The zero-order valence-corrected chi connectivity index (χ0v) is 11.1. The Labute approximate surface area is 116 Å². The van der Waals surface area contributed by atoms with Crippen molar-refractivity contribution in [1.29, 1.82) is 0 Å². The Balaban J connectivity index is 1.96. The second kappa shape index (κ2) is 4.23. The van der Waals surface area contributed by atoms with E-state index < -0.39 is 0 Å². The van der Waals surface area contributed by atoms with Gasteiger partial charge < -0.3 is 9.15 Å². The average Bonchev–Trinajstić information content (AvgIpc) is 2.86. The maximum atomic E-state index is 5.65. The highest BCUT2D eigenvalue weighted by atomic mass is 16.5. The fraction of sp³-hybridized carbons (Fsp3) is 0.118. The number of aromatic nitrogens is 1. The topological polar surface area (TPSA) is 35.3 Å². The first-order chi connectivity index (χ1) is 9.83. The van der Waals surface area contributed by atoms with E-state index in [0.29, 0.717) is 18.2 Å². The number of ether oxygens (including phenoxy) is 1. The number of benzene rings is 1. The second-order valence-corrected chi connectivity index (χ2v) is 4.91. The van der Waals surface area contributed by atoms with Crippen molar-refractivity contribution in [1.82, 2.24) is 4.98 Å². The third-order valence-corrected chi connectivity index (χ3v) is 3.61. The van der Waals surface area contributed by atoms with Crippen molar-refractivity contribution in [3.8, 4) is 5.88 Å². The molecule has 1 aliphatic heterocycles. The van der Waals surface area contributed by atoms with Crippen molar-refractivity contribution in [2.24, 2.45) is 0 Å². The highest BCUT2D eigenvalue weighted by molar-refractivity contribution is 5.89. The van der Waals surface area contributed by atoms with Crippen LogP contribution in [0.3, 0.4) is 0 Å². The van der Waals surface area contributed by atoms with Gasteiger partial charge in [0, 0.05) is 10.9 Å². The third kappa shape index (κ3) is 1.63. The lowest BCUT2D eigenvalue weighted by molar-refractivity contribution is 0.342. The molecule has 0 fully saturated rings. The van der Waals surface area contributed by atoms with Gasteiger partial charge in [-0.05, 0) is 35.8 Å². The SMILES string of the molecule is Cc1coc2nc3c(cc12)C(c1ccccc1)=CCO3. The van der Waals surface area contributed by atoms with Crippen LogP contribution in [0, 0.1) is 6.92 Å². The van der Waals surface area contributed by atoms with E-state index >= 15 is 0 Å². The molecule has 3 heterocycles. The third-order valence-electron chi connectivity index (χ3n) is 3.61. The van der Waals surface area contributed by atoms with Gasteiger partial charge in [0.2, 0.25) is 11.6 Å². The van der Waals surface area contributed by atoms with Crippen LogP contribution in [0.15, 0.2) is 53.2 Å². The lowest BCUT2D eigenvalue weighted by Gasteiger charge is -2.17. The molecule has 3 heteroatoms. The highest BCUT2D eigenvalue weighted by Gasteiger charge is 2.19. The van der Waals surface area contributed by atoms with E-state index in [4.69, 9.17) is 9.15 Å². The molecule has 0 spiro atoms. The van der Waals surface area contributed by atoms with Crippen LogP contribution in [0.1, 0.15) is 16.7 Å². The number of furan rings is 1. The summed E-state index contributed by atoms with van der Waals surface area (Å²) >= 11 is 0. The first-order valence-corrected chi connectivity index (χ1v) is 6.60. The molecule has 3 aromatic rings. The Morgan fingerprint density at radius 3 is 2.85 bits per heavy atom. The highest BCUT2D eigenvalue weighted by Crippen LogP contribution is 2.36. The number of hydrogen-bond acceptors (Lipinski definition) is 3. The molecule has 0 bridgehead atoms. The standard InChI is InChI=1S/C17H13NO2/c1-11-10-20-16-14(11)9-15-13(7-8-19-17(15)18-16)12-5-3-2-4-6-12/h2-7,9-10H,8H2,1H3. The van der Waals surface area contributed by atoms with Gasteiger partial charge in [-0.2, -0.15) is 4.98 Å². The maximum Gasteiger partial charge on any atom is 0.229 e. The monoisotopic (exact) mass is 263 g/mol.